The summed E-state index contributed by atoms with van der Waals surface area (Å²) < 4.78 is 4.81. The van der Waals surface area contributed by atoms with E-state index in [4.69, 9.17) is 10.5 Å². The van der Waals surface area contributed by atoms with E-state index in [9.17, 15) is 4.79 Å². The number of rotatable bonds is 6. The lowest BCUT2D eigenvalue weighted by molar-refractivity contribution is 0.0596. The van der Waals surface area contributed by atoms with Crippen molar-refractivity contribution < 1.29 is 9.53 Å². The molecule has 0 aromatic rings. The second-order valence-electron chi connectivity index (χ2n) is 3.76. The third-order valence-electron chi connectivity index (χ3n) is 3.11. The Kier molecular flexibility index (Phi) is 6.32. The number of hydrogen-bond acceptors (Lipinski definition) is 3. The van der Waals surface area contributed by atoms with Gasteiger partial charge in [-0.3, -0.25) is 0 Å². The molecule has 0 heterocycles. The van der Waals surface area contributed by atoms with Gasteiger partial charge in [0, 0.05) is 13.1 Å². The first-order chi connectivity index (χ1) is 7.11. The van der Waals surface area contributed by atoms with Crippen molar-refractivity contribution in [2.75, 3.05) is 20.2 Å². The molecule has 0 aliphatic carbocycles. The summed E-state index contributed by atoms with van der Waals surface area (Å²) in [6, 6.07) is 0. The summed E-state index contributed by atoms with van der Waals surface area (Å²) in [6.45, 7) is 7.34. The molecule has 0 saturated carbocycles. The average molecular weight is 216 g/mol. The minimum Gasteiger partial charge on any atom is -0.453 e. The first-order valence-corrected chi connectivity index (χ1v) is 5.67. The smallest absolute Gasteiger partial charge is 0.409 e. The minimum absolute atomic E-state index is 0.247. The Balaban J connectivity index is 4.90. The van der Waals surface area contributed by atoms with Crippen molar-refractivity contribution in [3.8, 4) is 0 Å². The Morgan fingerprint density at radius 2 is 1.87 bits per heavy atom. The quantitative estimate of drug-likeness (QED) is 0.738. The standard InChI is InChI=1S/C11H24N2O2/c1-5-8-13(10(14)15-4)11(6-2,7-3)9-12/h5-9,12H2,1-4H3. The minimum atomic E-state index is -0.272. The van der Waals surface area contributed by atoms with E-state index in [0.717, 1.165) is 19.3 Å². The number of nitrogens with two attached hydrogens (primary N) is 1. The van der Waals surface area contributed by atoms with Gasteiger partial charge in [0.2, 0.25) is 0 Å². The average Bonchev–Trinajstić information content (AvgIpc) is 2.29. The molecule has 4 heteroatoms. The van der Waals surface area contributed by atoms with Gasteiger partial charge in [0.25, 0.3) is 0 Å². The van der Waals surface area contributed by atoms with Gasteiger partial charge in [-0.1, -0.05) is 20.8 Å². The zero-order valence-corrected chi connectivity index (χ0v) is 10.4. The first kappa shape index (κ1) is 14.2. The maximum Gasteiger partial charge on any atom is 0.409 e. The van der Waals surface area contributed by atoms with Crippen LogP contribution in [0.15, 0.2) is 0 Å². The molecular weight excluding hydrogens is 192 g/mol. The van der Waals surface area contributed by atoms with Gasteiger partial charge in [-0.05, 0) is 19.3 Å². The number of carbonyl (C=O) groups excluding carboxylic acids is 1. The number of ether oxygens (including phenoxy) is 1. The Bertz CT molecular complexity index is 183. The molecule has 1 amide bonds. The molecule has 0 bridgehead atoms. The van der Waals surface area contributed by atoms with Crippen molar-refractivity contribution in [3.63, 3.8) is 0 Å². The fourth-order valence-electron chi connectivity index (χ4n) is 1.89. The molecule has 0 saturated heterocycles. The molecule has 0 aromatic heterocycles. The van der Waals surface area contributed by atoms with Gasteiger partial charge in [-0.15, -0.1) is 0 Å². The van der Waals surface area contributed by atoms with Crippen LogP contribution in [0, 0.1) is 0 Å². The highest BCUT2D eigenvalue weighted by Crippen LogP contribution is 2.23. The number of hydrogen-bond donors (Lipinski definition) is 1. The Morgan fingerprint density at radius 1 is 1.33 bits per heavy atom. The van der Waals surface area contributed by atoms with E-state index in [1.165, 1.54) is 7.11 Å². The van der Waals surface area contributed by atoms with Gasteiger partial charge in [-0.2, -0.15) is 0 Å². The maximum atomic E-state index is 11.7. The normalized spacial score (nSPS) is 11.3. The van der Waals surface area contributed by atoms with E-state index in [1.807, 2.05) is 6.92 Å². The summed E-state index contributed by atoms with van der Waals surface area (Å²) in [7, 11) is 1.41. The zero-order chi connectivity index (χ0) is 11.9. The lowest BCUT2D eigenvalue weighted by atomic mass is 9.90. The molecule has 0 rings (SSSR count). The van der Waals surface area contributed by atoms with E-state index >= 15 is 0 Å². The Hall–Kier alpha value is -0.770. The predicted molar refractivity (Wildman–Crippen MR) is 61.8 cm³/mol. The van der Waals surface area contributed by atoms with Crippen LogP contribution in [0.25, 0.3) is 0 Å². The second kappa shape index (κ2) is 6.67. The number of nitrogens with zero attached hydrogens (tertiary/aromatic N) is 1. The van der Waals surface area contributed by atoms with Crippen LogP contribution in [0.4, 0.5) is 4.79 Å². The van der Waals surface area contributed by atoms with E-state index in [2.05, 4.69) is 13.8 Å². The van der Waals surface area contributed by atoms with Gasteiger partial charge in [0.05, 0.1) is 12.6 Å². The van der Waals surface area contributed by atoms with Gasteiger partial charge >= 0.3 is 6.09 Å². The highest BCUT2D eigenvalue weighted by Gasteiger charge is 2.35. The van der Waals surface area contributed by atoms with Gasteiger partial charge in [-0.25, -0.2) is 4.79 Å². The summed E-state index contributed by atoms with van der Waals surface area (Å²) in [5, 5.41) is 0. The monoisotopic (exact) mass is 216 g/mol. The van der Waals surface area contributed by atoms with Crippen LogP contribution in [-0.2, 0) is 4.74 Å². The Morgan fingerprint density at radius 3 is 2.13 bits per heavy atom. The van der Waals surface area contributed by atoms with Crippen molar-refractivity contribution in [2.24, 2.45) is 5.73 Å². The van der Waals surface area contributed by atoms with Crippen molar-refractivity contribution in [2.45, 2.75) is 45.6 Å². The van der Waals surface area contributed by atoms with Crippen LogP contribution in [0.3, 0.4) is 0 Å². The van der Waals surface area contributed by atoms with Crippen molar-refractivity contribution in [1.29, 1.82) is 0 Å². The number of methoxy groups -OCH3 is 1. The number of carbonyl (C=O) groups is 1. The van der Waals surface area contributed by atoms with Crippen LogP contribution in [-0.4, -0.2) is 36.7 Å². The highest BCUT2D eigenvalue weighted by atomic mass is 16.5. The summed E-state index contributed by atoms with van der Waals surface area (Å²) in [5.74, 6) is 0. The molecule has 0 unspecified atom stereocenters. The summed E-state index contributed by atoms with van der Waals surface area (Å²) in [5.41, 5.74) is 5.56. The van der Waals surface area contributed by atoms with Gasteiger partial charge in [0.1, 0.15) is 0 Å². The molecule has 0 spiro atoms. The fourth-order valence-corrected chi connectivity index (χ4v) is 1.89. The second-order valence-corrected chi connectivity index (χ2v) is 3.76. The van der Waals surface area contributed by atoms with Gasteiger partial charge in [0.15, 0.2) is 0 Å². The molecule has 0 radical (unpaired) electrons. The molecule has 0 atom stereocenters. The molecule has 15 heavy (non-hydrogen) atoms. The third kappa shape index (κ3) is 3.09. The van der Waals surface area contributed by atoms with Crippen LogP contribution < -0.4 is 5.73 Å². The van der Waals surface area contributed by atoms with E-state index in [0.29, 0.717) is 13.1 Å². The molecule has 0 aliphatic rings. The molecule has 0 fully saturated rings. The van der Waals surface area contributed by atoms with E-state index < -0.39 is 0 Å². The SMILES string of the molecule is CCCN(C(=O)OC)C(CC)(CC)CN. The fraction of sp³-hybridized carbons (Fsp3) is 0.909. The highest BCUT2D eigenvalue weighted by molar-refractivity contribution is 5.68. The van der Waals surface area contributed by atoms with Crippen molar-refractivity contribution in [1.82, 2.24) is 4.90 Å². The zero-order valence-electron chi connectivity index (χ0n) is 10.4. The molecule has 2 N–H and O–H groups in total. The molecule has 0 aliphatic heterocycles. The van der Waals surface area contributed by atoms with Gasteiger partial charge < -0.3 is 15.4 Å². The third-order valence-corrected chi connectivity index (χ3v) is 3.11. The summed E-state index contributed by atoms with van der Waals surface area (Å²) in [4.78, 5) is 13.4. The van der Waals surface area contributed by atoms with E-state index in [1.54, 1.807) is 4.90 Å². The lowest BCUT2D eigenvalue weighted by Crippen LogP contribution is -2.56. The van der Waals surface area contributed by atoms with E-state index in [-0.39, 0.29) is 11.6 Å². The van der Waals surface area contributed by atoms with Crippen LogP contribution in [0.1, 0.15) is 40.0 Å². The molecule has 0 aromatic carbocycles. The van der Waals surface area contributed by atoms with Crippen molar-refractivity contribution in [3.05, 3.63) is 0 Å². The predicted octanol–water partition coefficient (Wildman–Crippen LogP) is 1.98. The maximum absolute atomic E-state index is 11.7. The van der Waals surface area contributed by atoms with Crippen LogP contribution >= 0.6 is 0 Å². The van der Waals surface area contributed by atoms with Crippen LogP contribution in [0.5, 0.6) is 0 Å². The molecule has 4 nitrogen and oxygen atoms in total. The first-order valence-electron chi connectivity index (χ1n) is 5.67. The Labute approximate surface area is 92.8 Å². The lowest BCUT2D eigenvalue weighted by Gasteiger charge is -2.41. The molecule has 90 valence electrons. The topological polar surface area (TPSA) is 55.6 Å². The summed E-state index contributed by atoms with van der Waals surface area (Å²) >= 11 is 0. The van der Waals surface area contributed by atoms with Crippen LogP contribution in [0.2, 0.25) is 0 Å². The molecular formula is C11H24N2O2. The largest absolute Gasteiger partial charge is 0.453 e. The number of amides is 1. The summed E-state index contributed by atoms with van der Waals surface area (Å²) in [6.07, 6.45) is 2.35. The van der Waals surface area contributed by atoms with Crippen molar-refractivity contribution >= 4 is 6.09 Å².